The first-order valence-electron chi connectivity index (χ1n) is 10.6. The number of fused-ring (bicyclic) bond motifs is 2. The minimum absolute atomic E-state index is 0.104. The number of para-hydroxylation sites is 1. The van der Waals surface area contributed by atoms with E-state index in [2.05, 4.69) is 24.1 Å². The number of carbonyl (C=O) groups is 1. The maximum Gasteiger partial charge on any atom is 0.264 e. The lowest BCUT2D eigenvalue weighted by Gasteiger charge is -2.26. The topological polar surface area (TPSA) is 81.0 Å². The lowest BCUT2D eigenvalue weighted by molar-refractivity contribution is -0.130. The summed E-state index contributed by atoms with van der Waals surface area (Å²) in [5, 5.41) is 3.45. The highest BCUT2D eigenvalue weighted by Crippen LogP contribution is 2.36. The van der Waals surface area contributed by atoms with Crippen LogP contribution in [0.15, 0.2) is 57.7 Å². The molecule has 0 fully saturated rings. The van der Waals surface area contributed by atoms with E-state index in [1.807, 2.05) is 6.07 Å². The highest BCUT2D eigenvalue weighted by molar-refractivity contribution is 5.82. The van der Waals surface area contributed by atoms with Gasteiger partial charge in [-0.3, -0.25) is 9.59 Å². The van der Waals surface area contributed by atoms with Gasteiger partial charge in [-0.05, 0) is 43.4 Å². The molecule has 0 bridgehead atoms. The molecule has 0 radical (unpaired) electrons. The third kappa shape index (κ3) is 4.56. The fourth-order valence-corrected chi connectivity index (χ4v) is 3.59. The molecule has 0 saturated carbocycles. The third-order valence-electron chi connectivity index (χ3n) is 5.44. The van der Waals surface area contributed by atoms with Gasteiger partial charge < -0.3 is 24.1 Å². The average molecular weight is 422 g/mol. The summed E-state index contributed by atoms with van der Waals surface area (Å²) in [7, 11) is 0. The number of benzene rings is 2. The molecule has 1 unspecified atom stereocenters. The molecule has 1 aromatic heterocycles. The SMILES string of the molecule is CCN(CC)CCNC(=O)C1COc2cc(-c3cc(=O)c4ccccc4o3)ccc2O1. The number of hydrogen-bond acceptors (Lipinski definition) is 6. The molecule has 162 valence electrons. The van der Waals surface area contributed by atoms with E-state index in [1.54, 1.807) is 36.4 Å². The quantitative estimate of drug-likeness (QED) is 0.630. The van der Waals surface area contributed by atoms with E-state index in [4.69, 9.17) is 13.9 Å². The maximum absolute atomic E-state index is 12.4. The summed E-state index contributed by atoms with van der Waals surface area (Å²) in [6.45, 7) is 7.56. The van der Waals surface area contributed by atoms with Crippen molar-refractivity contribution < 1.29 is 18.7 Å². The number of nitrogens with zero attached hydrogens (tertiary/aromatic N) is 1. The summed E-state index contributed by atoms with van der Waals surface area (Å²) in [5.74, 6) is 1.26. The van der Waals surface area contributed by atoms with E-state index >= 15 is 0 Å². The summed E-state index contributed by atoms with van der Waals surface area (Å²) in [6, 6.07) is 13.9. The van der Waals surface area contributed by atoms with Gasteiger partial charge in [-0.1, -0.05) is 26.0 Å². The van der Waals surface area contributed by atoms with Crippen LogP contribution in [0.25, 0.3) is 22.3 Å². The predicted molar refractivity (Wildman–Crippen MR) is 119 cm³/mol. The Kier molecular flexibility index (Phi) is 6.23. The van der Waals surface area contributed by atoms with Crippen LogP contribution >= 0.6 is 0 Å². The van der Waals surface area contributed by atoms with Gasteiger partial charge in [-0.25, -0.2) is 0 Å². The molecule has 0 saturated heterocycles. The van der Waals surface area contributed by atoms with E-state index in [0.29, 0.717) is 40.3 Å². The van der Waals surface area contributed by atoms with Crippen LogP contribution < -0.4 is 20.2 Å². The molecule has 1 amide bonds. The van der Waals surface area contributed by atoms with Crippen LogP contribution in [-0.4, -0.2) is 49.7 Å². The van der Waals surface area contributed by atoms with Crippen molar-refractivity contribution in [3.8, 4) is 22.8 Å². The number of likely N-dealkylation sites (N-methyl/N-ethyl adjacent to an activating group) is 1. The standard InChI is InChI=1S/C24H26N2O5/c1-3-26(4-2)12-11-25-24(28)23-15-29-22-13-16(9-10-20(22)31-23)21-14-18(27)17-7-5-6-8-19(17)30-21/h5-10,13-14,23H,3-4,11-12,15H2,1-2H3,(H,25,28). The molecule has 1 atom stereocenters. The first kappa shape index (κ1) is 20.9. The van der Waals surface area contributed by atoms with Crippen LogP contribution in [0.4, 0.5) is 0 Å². The number of nitrogens with one attached hydrogen (secondary N) is 1. The number of hydrogen-bond donors (Lipinski definition) is 1. The van der Waals surface area contributed by atoms with Crippen LogP contribution in [0.3, 0.4) is 0 Å². The van der Waals surface area contributed by atoms with Gasteiger partial charge in [0, 0.05) is 24.7 Å². The molecule has 31 heavy (non-hydrogen) atoms. The van der Waals surface area contributed by atoms with Gasteiger partial charge >= 0.3 is 0 Å². The van der Waals surface area contributed by atoms with Crippen LogP contribution in [0.1, 0.15) is 13.8 Å². The first-order valence-corrected chi connectivity index (χ1v) is 10.6. The summed E-state index contributed by atoms with van der Waals surface area (Å²) in [4.78, 5) is 27.1. The van der Waals surface area contributed by atoms with Crippen molar-refractivity contribution in [1.29, 1.82) is 0 Å². The number of rotatable bonds is 7. The van der Waals surface area contributed by atoms with Crippen molar-refractivity contribution in [3.63, 3.8) is 0 Å². The summed E-state index contributed by atoms with van der Waals surface area (Å²) >= 11 is 0. The molecule has 1 aliphatic heterocycles. The van der Waals surface area contributed by atoms with Crippen molar-refractivity contribution in [1.82, 2.24) is 10.2 Å². The average Bonchev–Trinajstić information content (AvgIpc) is 2.81. The Labute approximate surface area is 180 Å². The molecule has 7 heteroatoms. The first-order chi connectivity index (χ1) is 15.1. The van der Waals surface area contributed by atoms with E-state index in [0.717, 1.165) is 19.6 Å². The Morgan fingerprint density at radius 3 is 2.71 bits per heavy atom. The van der Waals surface area contributed by atoms with E-state index in [1.165, 1.54) is 6.07 Å². The zero-order valence-electron chi connectivity index (χ0n) is 17.7. The fraction of sp³-hybridized carbons (Fsp3) is 0.333. The molecular formula is C24H26N2O5. The Morgan fingerprint density at radius 1 is 1.10 bits per heavy atom. The molecule has 7 nitrogen and oxygen atoms in total. The normalized spacial score (nSPS) is 15.3. The van der Waals surface area contributed by atoms with Crippen molar-refractivity contribution in [2.75, 3.05) is 32.8 Å². The Hall–Kier alpha value is -3.32. The van der Waals surface area contributed by atoms with Gasteiger partial charge in [0.1, 0.15) is 18.0 Å². The monoisotopic (exact) mass is 422 g/mol. The summed E-state index contributed by atoms with van der Waals surface area (Å²) < 4.78 is 17.5. The molecule has 2 heterocycles. The molecule has 2 aromatic carbocycles. The highest BCUT2D eigenvalue weighted by atomic mass is 16.6. The zero-order chi connectivity index (χ0) is 21.8. The highest BCUT2D eigenvalue weighted by Gasteiger charge is 2.27. The van der Waals surface area contributed by atoms with Gasteiger partial charge in [0.25, 0.3) is 5.91 Å². The Morgan fingerprint density at radius 2 is 1.90 bits per heavy atom. The molecule has 1 aliphatic rings. The van der Waals surface area contributed by atoms with Crippen LogP contribution in [0, 0.1) is 0 Å². The van der Waals surface area contributed by atoms with Gasteiger partial charge in [-0.2, -0.15) is 0 Å². The van der Waals surface area contributed by atoms with Crippen molar-refractivity contribution in [2.24, 2.45) is 0 Å². The molecule has 0 spiro atoms. The zero-order valence-corrected chi connectivity index (χ0v) is 17.7. The second-order valence-electron chi connectivity index (χ2n) is 7.37. The predicted octanol–water partition coefficient (Wildman–Crippen LogP) is 3.06. The Balaban J connectivity index is 1.46. The van der Waals surface area contributed by atoms with Crippen LogP contribution in [0.2, 0.25) is 0 Å². The number of amides is 1. The molecule has 4 rings (SSSR count). The van der Waals surface area contributed by atoms with E-state index in [-0.39, 0.29) is 17.9 Å². The molecule has 3 aromatic rings. The maximum atomic E-state index is 12.4. The van der Waals surface area contributed by atoms with Gasteiger partial charge in [0.05, 0.1) is 5.39 Å². The summed E-state index contributed by atoms with van der Waals surface area (Å²) in [5.41, 5.74) is 1.13. The largest absolute Gasteiger partial charge is 0.485 e. The molecule has 1 N–H and O–H groups in total. The smallest absolute Gasteiger partial charge is 0.264 e. The lowest BCUT2D eigenvalue weighted by Crippen LogP contribution is -2.46. The third-order valence-corrected chi connectivity index (χ3v) is 5.44. The van der Waals surface area contributed by atoms with Crippen molar-refractivity contribution >= 4 is 16.9 Å². The molecular weight excluding hydrogens is 396 g/mol. The number of ether oxygens (including phenoxy) is 2. The Bertz CT molecular complexity index is 1140. The van der Waals surface area contributed by atoms with E-state index in [9.17, 15) is 9.59 Å². The van der Waals surface area contributed by atoms with Gasteiger partial charge in [0.2, 0.25) is 6.10 Å². The second kappa shape index (κ2) is 9.22. The second-order valence-corrected chi connectivity index (χ2v) is 7.37. The lowest BCUT2D eigenvalue weighted by atomic mass is 10.1. The van der Waals surface area contributed by atoms with Crippen LogP contribution in [-0.2, 0) is 4.79 Å². The van der Waals surface area contributed by atoms with Crippen molar-refractivity contribution in [2.45, 2.75) is 20.0 Å². The van der Waals surface area contributed by atoms with Gasteiger partial charge in [-0.15, -0.1) is 0 Å². The minimum atomic E-state index is -0.700. The van der Waals surface area contributed by atoms with Crippen molar-refractivity contribution in [3.05, 3.63) is 58.8 Å². The fourth-order valence-electron chi connectivity index (χ4n) is 3.59. The summed E-state index contributed by atoms with van der Waals surface area (Å²) in [6.07, 6.45) is -0.700. The van der Waals surface area contributed by atoms with Gasteiger partial charge in [0.15, 0.2) is 16.9 Å². The number of carbonyl (C=O) groups excluding carboxylic acids is 1. The van der Waals surface area contributed by atoms with Crippen LogP contribution in [0.5, 0.6) is 11.5 Å². The minimum Gasteiger partial charge on any atom is -0.485 e. The molecule has 0 aliphatic carbocycles. The van der Waals surface area contributed by atoms with E-state index < -0.39 is 6.10 Å².